The number of benzene rings is 6. The third-order valence-electron chi connectivity index (χ3n) is 8.36. The number of rotatable bonds is 18. The van der Waals surface area contributed by atoms with Crippen molar-refractivity contribution in [2.75, 3.05) is 13.2 Å². The normalized spacial score (nSPS) is 11.5. The van der Waals surface area contributed by atoms with Gasteiger partial charge in [0.15, 0.2) is 0 Å². The van der Waals surface area contributed by atoms with Gasteiger partial charge < -0.3 is 18.9 Å². The van der Waals surface area contributed by atoms with E-state index in [4.69, 9.17) is 18.9 Å². The van der Waals surface area contributed by atoms with Crippen LogP contribution in [0.5, 0.6) is 23.0 Å². The number of unbranched alkanes of at least 4 members (excludes halogenated alkanes) is 2. The zero-order chi connectivity index (χ0) is 36.9. The van der Waals surface area contributed by atoms with Gasteiger partial charge in [0.05, 0.1) is 32.8 Å². The molecule has 0 aliphatic carbocycles. The molecule has 8 nitrogen and oxygen atoms in total. The second-order valence-electron chi connectivity index (χ2n) is 12.2. The van der Waals surface area contributed by atoms with E-state index >= 15 is 0 Å². The lowest BCUT2D eigenvalue weighted by atomic mass is 10.2. The van der Waals surface area contributed by atoms with E-state index in [9.17, 15) is 16.8 Å². The first kappa shape index (κ1) is 37.2. The molecule has 0 unspecified atom stereocenters. The first-order chi connectivity index (χ1) is 25.8. The monoisotopic (exact) mass is 748 g/mol. The van der Waals surface area contributed by atoms with E-state index < -0.39 is 19.7 Å². The summed E-state index contributed by atoms with van der Waals surface area (Å²) in [6, 6.07) is 45.2. The average Bonchev–Trinajstić information content (AvgIpc) is 3.20. The fourth-order valence-electron chi connectivity index (χ4n) is 5.37. The van der Waals surface area contributed by atoms with E-state index in [1.807, 2.05) is 60.7 Å². The Hall–Kier alpha value is -5.58. The maximum atomic E-state index is 13.2. The van der Waals surface area contributed by atoms with Gasteiger partial charge in [-0.25, -0.2) is 16.8 Å². The van der Waals surface area contributed by atoms with Crippen LogP contribution in [0, 0.1) is 0 Å². The van der Waals surface area contributed by atoms with Crippen LogP contribution in [-0.4, -0.2) is 30.0 Å². The first-order valence-corrected chi connectivity index (χ1v) is 20.2. The Morgan fingerprint density at radius 1 is 0.321 bits per heavy atom. The molecule has 0 aliphatic rings. The number of hydrogen-bond donors (Lipinski definition) is 0. The molecule has 0 saturated heterocycles. The first-order valence-electron chi connectivity index (χ1n) is 17.3. The summed E-state index contributed by atoms with van der Waals surface area (Å²) in [5.74, 6) is 2.36. The molecule has 0 aromatic heterocycles. The fraction of sp³-hybridized carbons (Fsp3) is 0.163. The van der Waals surface area contributed by atoms with Crippen molar-refractivity contribution >= 4 is 19.7 Å². The molecule has 0 saturated carbocycles. The Balaban J connectivity index is 0.883. The SMILES string of the molecule is O=S(=O)(c1ccc(OCCCCCOc2ccc(S(=O)(=O)c3ccc(OCc4ccccc4)cc3)cc2)cc1)c1ccc(OCc2ccccc2)cc1. The van der Waals surface area contributed by atoms with Crippen LogP contribution in [0.4, 0.5) is 0 Å². The molecule has 0 amide bonds. The van der Waals surface area contributed by atoms with E-state index in [0.717, 1.165) is 30.4 Å². The van der Waals surface area contributed by atoms with Gasteiger partial charge in [0.1, 0.15) is 36.2 Å². The summed E-state index contributed by atoms with van der Waals surface area (Å²) in [6.07, 6.45) is 2.43. The lowest BCUT2D eigenvalue weighted by molar-refractivity contribution is 0.279. The lowest BCUT2D eigenvalue weighted by Gasteiger charge is -2.10. The minimum absolute atomic E-state index is 0.185. The molecule has 0 bridgehead atoms. The summed E-state index contributed by atoms with van der Waals surface area (Å²) in [6.45, 7) is 1.75. The van der Waals surface area contributed by atoms with E-state index in [2.05, 4.69) is 0 Å². The molecule has 10 heteroatoms. The predicted octanol–water partition coefficient (Wildman–Crippen LogP) is 9.14. The van der Waals surface area contributed by atoms with E-state index in [-0.39, 0.29) is 19.6 Å². The minimum Gasteiger partial charge on any atom is -0.494 e. The van der Waals surface area contributed by atoms with Crippen molar-refractivity contribution in [3.63, 3.8) is 0 Å². The lowest BCUT2D eigenvalue weighted by Crippen LogP contribution is -2.04. The van der Waals surface area contributed by atoms with Crippen LogP contribution >= 0.6 is 0 Å². The Labute approximate surface area is 311 Å². The van der Waals surface area contributed by atoms with E-state index in [1.165, 1.54) is 0 Å². The zero-order valence-corrected chi connectivity index (χ0v) is 30.7. The van der Waals surface area contributed by atoms with Gasteiger partial charge in [0.25, 0.3) is 0 Å². The van der Waals surface area contributed by atoms with Crippen LogP contribution in [0.3, 0.4) is 0 Å². The maximum absolute atomic E-state index is 13.2. The molecule has 53 heavy (non-hydrogen) atoms. The van der Waals surface area contributed by atoms with Crippen molar-refractivity contribution in [2.24, 2.45) is 0 Å². The minimum atomic E-state index is -3.69. The van der Waals surface area contributed by atoms with Crippen LogP contribution in [0.2, 0.25) is 0 Å². The summed E-state index contributed by atoms with van der Waals surface area (Å²) < 4.78 is 75.8. The van der Waals surface area contributed by atoms with Crippen molar-refractivity contribution in [1.29, 1.82) is 0 Å². The van der Waals surface area contributed by atoms with Gasteiger partial charge in [-0.05, 0) is 127 Å². The largest absolute Gasteiger partial charge is 0.494 e. The highest BCUT2D eigenvalue weighted by Crippen LogP contribution is 2.27. The predicted molar refractivity (Wildman–Crippen MR) is 203 cm³/mol. The van der Waals surface area contributed by atoms with Gasteiger partial charge in [0.2, 0.25) is 19.7 Å². The Kier molecular flexibility index (Phi) is 12.5. The summed E-state index contributed by atoms with van der Waals surface area (Å²) >= 11 is 0. The summed E-state index contributed by atoms with van der Waals surface area (Å²) in [5.41, 5.74) is 2.06. The highest BCUT2D eigenvalue weighted by atomic mass is 32.2. The maximum Gasteiger partial charge on any atom is 0.206 e. The highest BCUT2D eigenvalue weighted by Gasteiger charge is 2.19. The van der Waals surface area contributed by atoms with Crippen LogP contribution in [0.25, 0.3) is 0 Å². The third-order valence-corrected chi connectivity index (χ3v) is 11.9. The molecule has 272 valence electrons. The van der Waals surface area contributed by atoms with Gasteiger partial charge in [-0.3, -0.25) is 0 Å². The van der Waals surface area contributed by atoms with Crippen LogP contribution in [-0.2, 0) is 32.9 Å². The van der Waals surface area contributed by atoms with Gasteiger partial charge in [0, 0.05) is 0 Å². The fourth-order valence-corrected chi connectivity index (χ4v) is 7.90. The van der Waals surface area contributed by atoms with Crippen molar-refractivity contribution in [3.8, 4) is 23.0 Å². The standard InChI is InChI=1S/C43H40O8S2/c44-52(45,42-26-18-38(19-27-42)50-32-34-10-4-1-5-11-34)40-22-14-36(15-23-40)48-30-8-3-9-31-49-37-16-24-41(25-17-37)53(46,47)43-28-20-39(21-29-43)51-33-35-12-6-2-7-13-35/h1-2,4-7,10-29H,3,8-9,30-33H2. The smallest absolute Gasteiger partial charge is 0.206 e. The molecule has 6 aromatic carbocycles. The molecule has 6 aromatic rings. The summed E-state index contributed by atoms with van der Waals surface area (Å²) in [4.78, 5) is 0.746. The molecule has 0 spiro atoms. The number of sulfone groups is 2. The Morgan fingerprint density at radius 2 is 0.604 bits per heavy atom. The van der Waals surface area contributed by atoms with Crippen LogP contribution < -0.4 is 18.9 Å². The molecular weight excluding hydrogens is 709 g/mol. The van der Waals surface area contributed by atoms with Crippen molar-refractivity contribution in [1.82, 2.24) is 0 Å². The number of ether oxygens (including phenoxy) is 4. The van der Waals surface area contributed by atoms with Gasteiger partial charge in [-0.1, -0.05) is 60.7 Å². The molecular formula is C43H40O8S2. The van der Waals surface area contributed by atoms with Crippen LogP contribution in [0.15, 0.2) is 177 Å². The number of hydrogen-bond acceptors (Lipinski definition) is 8. The summed E-state index contributed by atoms with van der Waals surface area (Å²) in [7, 11) is -7.38. The highest BCUT2D eigenvalue weighted by molar-refractivity contribution is 7.91. The zero-order valence-electron chi connectivity index (χ0n) is 29.0. The van der Waals surface area contributed by atoms with Crippen molar-refractivity contribution in [3.05, 3.63) is 169 Å². The van der Waals surface area contributed by atoms with Gasteiger partial charge in [-0.15, -0.1) is 0 Å². The molecule has 0 N–H and O–H groups in total. The van der Waals surface area contributed by atoms with E-state index in [1.54, 1.807) is 97.1 Å². The molecule has 0 atom stereocenters. The van der Waals surface area contributed by atoms with Crippen LogP contribution in [0.1, 0.15) is 30.4 Å². The Morgan fingerprint density at radius 3 is 0.906 bits per heavy atom. The molecule has 0 radical (unpaired) electrons. The van der Waals surface area contributed by atoms with Crippen molar-refractivity contribution < 1.29 is 35.8 Å². The van der Waals surface area contributed by atoms with Gasteiger partial charge in [-0.2, -0.15) is 0 Å². The second-order valence-corrected chi connectivity index (χ2v) is 16.1. The molecule has 0 fully saturated rings. The third kappa shape index (κ3) is 10.3. The molecule has 6 rings (SSSR count). The average molecular weight is 749 g/mol. The topological polar surface area (TPSA) is 105 Å². The Bertz CT molecular complexity index is 2080. The quantitative estimate of drug-likeness (QED) is 0.0802. The molecule has 0 heterocycles. The molecule has 0 aliphatic heterocycles. The van der Waals surface area contributed by atoms with E-state index in [0.29, 0.717) is 49.4 Å². The van der Waals surface area contributed by atoms with Gasteiger partial charge >= 0.3 is 0 Å². The summed E-state index contributed by atoms with van der Waals surface area (Å²) in [5, 5.41) is 0. The van der Waals surface area contributed by atoms with Crippen molar-refractivity contribution in [2.45, 2.75) is 52.1 Å². The second kappa shape index (κ2) is 17.8.